The van der Waals surface area contributed by atoms with Crippen LogP contribution in [0.3, 0.4) is 0 Å². The van der Waals surface area contributed by atoms with Gasteiger partial charge in [-0.25, -0.2) is 0 Å². The summed E-state index contributed by atoms with van der Waals surface area (Å²) in [4.78, 5) is 0. The Kier molecular flexibility index (Phi) is 18.7. The van der Waals surface area contributed by atoms with Crippen molar-refractivity contribution in [3.8, 4) is 0 Å². The first-order chi connectivity index (χ1) is 22.5. The maximum atomic E-state index is 3.86. The largest absolute Gasteiger partial charge is 1.00 e. The monoisotopic (exact) mass is 854 g/mol. The molecule has 48 heavy (non-hydrogen) atoms. The first kappa shape index (κ1) is 43.1. The number of rotatable bonds is 8. The summed E-state index contributed by atoms with van der Waals surface area (Å²) in [7, 11) is -1.25. The van der Waals surface area contributed by atoms with Crippen LogP contribution in [0.4, 0.5) is 0 Å². The fourth-order valence-electron chi connectivity index (χ4n) is 9.28. The smallest absolute Gasteiger partial charge is 0.343 e. The van der Waals surface area contributed by atoms with Gasteiger partial charge in [0.1, 0.15) is 0 Å². The van der Waals surface area contributed by atoms with Gasteiger partial charge in [-0.1, -0.05) is 120 Å². The van der Waals surface area contributed by atoms with E-state index in [0.717, 1.165) is 41.9 Å². The molecule has 0 saturated heterocycles. The summed E-state index contributed by atoms with van der Waals surface area (Å²) in [5.41, 5.74) is 6.48. The van der Waals surface area contributed by atoms with E-state index in [2.05, 4.69) is 119 Å². The average molecular weight is 858 g/mol. The Hall–Kier alpha value is 0.694. The topological polar surface area (TPSA) is 0 Å². The zero-order chi connectivity index (χ0) is 34.1. The maximum absolute atomic E-state index is 3.86. The minimum absolute atomic E-state index is 0. The van der Waals surface area contributed by atoms with Gasteiger partial charge < -0.3 is 6.92 Å². The van der Waals surface area contributed by atoms with E-state index < -0.39 is 8.07 Å². The number of unbranched alkanes of at least 4 members (excludes halogenated alkanes) is 1. The molecular weight excluding hydrogens is 791 g/mol. The SMILES string of the molecule is CCCC1CCC(C2Cc3cc(Br)c(Br)cc3C2)CC1.CCCC1CCC(C2Cc3cc(Br)c([Si](C)(C)C)cc3C2)CC1.[CH2-]CCC.[Li+]. The molecule has 264 valence electrons. The van der Waals surface area contributed by atoms with Gasteiger partial charge in [0.2, 0.25) is 0 Å². The Labute approximate surface area is 335 Å². The van der Waals surface area contributed by atoms with Crippen molar-refractivity contribution in [2.24, 2.45) is 35.5 Å². The van der Waals surface area contributed by atoms with Gasteiger partial charge in [-0.15, -0.1) is 0 Å². The number of hydrogen-bond donors (Lipinski definition) is 0. The van der Waals surface area contributed by atoms with Crippen molar-refractivity contribution < 1.29 is 18.9 Å². The maximum Gasteiger partial charge on any atom is 1.00 e. The van der Waals surface area contributed by atoms with E-state index in [-0.39, 0.29) is 18.9 Å². The Morgan fingerprint density at radius 3 is 1.19 bits per heavy atom. The predicted molar refractivity (Wildman–Crippen MR) is 222 cm³/mol. The van der Waals surface area contributed by atoms with E-state index in [4.69, 9.17) is 0 Å². The Balaban J connectivity index is 0.000000232. The normalized spacial score (nSPS) is 25.2. The Morgan fingerprint density at radius 1 is 0.542 bits per heavy atom. The van der Waals surface area contributed by atoms with Crippen molar-refractivity contribution in [3.63, 3.8) is 0 Å². The molecule has 4 aliphatic carbocycles. The number of halogens is 3. The number of benzene rings is 2. The van der Waals surface area contributed by atoms with Crippen molar-refractivity contribution in [2.75, 3.05) is 0 Å². The van der Waals surface area contributed by atoms with Crippen LogP contribution in [0.2, 0.25) is 19.6 Å². The summed E-state index contributed by atoms with van der Waals surface area (Å²) in [5.74, 6) is 5.87. The van der Waals surface area contributed by atoms with Crippen LogP contribution in [0, 0.1) is 42.4 Å². The van der Waals surface area contributed by atoms with Gasteiger partial charge in [0.15, 0.2) is 0 Å². The predicted octanol–water partition coefficient (Wildman–Crippen LogP) is 11.5. The van der Waals surface area contributed by atoms with Gasteiger partial charge in [0.05, 0.1) is 8.07 Å². The van der Waals surface area contributed by atoms with Gasteiger partial charge in [-0.2, -0.15) is 6.42 Å². The van der Waals surface area contributed by atoms with Gasteiger partial charge >= 0.3 is 18.9 Å². The molecule has 0 spiro atoms. The zero-order valence-corrected chi connectivity index (χ0v) is 37.6. The van der Waals surface area contributed by atoms with Crippen LogP contribution < -0.4 is 24.0 Å². The van der Waals surface area contributed by atoms with Crippen molar-refractivity contribution >= 4 is 61.1 Å². The molecule has 0 amide bonds. The van der Waals surface area contributed by atoms with Crippen molar-refractivity contribution in [1.82, 2.24) is 0 Å². The number of hydrogen-bond acceptors (Lipinski definition) is 0. The van der Waals surface area contributed by atoms with Crippen LogP contribution in [-0.2, 0) is 25.7 Å². The zero-order valence-electron chi connectivity index (χ0n) is 31.8. The quantitative estimate of drug-likeness (QED) is 0.183. The third kappa shape index (κ3) is 12.1. The molecule has 0 nitrogen and oxygen atoms in total. The third-order valence-corrected chi connectivity index (χ3v) is 17.0. The van der Waals surface area contributed by atoms with Crippen LogP contribution >= 0.6 is 47.8 Å². The van der Waals surface area contributed by atoms with Crippen LogP contribution in [0.1, 0.15) is 133 Å². The molecule has 2 fully saturated rings. The Morgan fingerprint density at radius 2 is 0.875 bits per heavy atom. The second-order valence-electron chi connectivity index (χ2n) is 16.7. The minimum atomic E-state index is -1.25. The summed E-state index contributed by atoms with van der Waals surface area (Å²) in [6, 6.07) is 9.70. The van der Waals surface area contributed by atoms with Gasteiger partial charge in [0.25, 0.3) is 0 Å². The number of fused-ring (bicyclic) bond motifs is 2. The summed E-state index contributed by atoms with van der Waals surface area (Å²) < 4.78 is 3.80. The summed E-state index contributed by atoms with van der Waals surface area (Å²) >= 11 is 11.1. The van der Waals surface area contributed by atoms with E-state index in [9.17, 15) is 0 Å². The van der Waals surface area contributed by atoms with Crippen molar-refractivity contribution in [1.29, 1.82) is 0 Å². The molecule has 4 aliphatic rings. The molecule has 0 N–H and O–H groups in total. The van der Waals surface area contributed by atoms with Gasteiger partial charge in [0, 0.05) is 13.4 Å². The molecule has 1 atom stereocenters. The van der Waals surface area contributed by atoms with E-state index in [1.54, 1.807) is 27.4 Å². The fraction of sp³-hybridized carbons (Fsp3) is 0.698. The second kappa shape index (κ2) is 20.8. The van der Waals surface area contributed by atoms with E-state index in [1.165, 1.54) is 123 Å². The molecule has 0 heterocycles. The summed E-state index contributed by atoms with van der Waals surface area (Å²) in [5, 5.41) is 1.61. The molecule has 2 saturated carbocycles. The standard InChI is InChI=1S/C21H33BrSi.C18H24Br2.C4H9.Li/c1-5-6-15-7-9-16(10-8-15)17-11-18-13-20(22)21(23(2,3)4)14-19(18)12-17;1-2-3-12-4-6-13(7-5-12)14-8-15-10-17(19)18(20)11-16(15)9-14;1-3-4-2;/h13-17H,5-12H2,1-4H3;10-14H,2-9H2,1H3;1,3-4H2,2H3;/q;;-1;+1. The summed E-state index contributed by atoms with van der Waals surface area (Å²) in [6.45, 7) is 17.8. The molecule has 2 aromatic carbocycles. The molecule has 1 unspecified atom stereocenters. The van der Waals surface area contributed by atoms with Crippen LogP contribution in [0.25, 0.3) is 0 Å². The van der Waals surface area contributed by atoms with Crippen LogP contribution in [0.5, 0.6) is 0 Å². The van der Waals surface area contributed by atoms with E-state index in [1.807, 2.05) is 0 Å². The fourth-order valence-corrected chi connectivity index (χ4v) is 13.6. The van der Waals surface area contributed by atoms with Crippen molar-refractivity contribution in [2.45, 2.75) is 156 Å². The Bertz CT molecular complexity index is 1220. The van der Waals surface area contributed by atoms with Gasteiger partial charge in [-0.05, 0) is 164 Å². The van der Waals surface area contributed by atoms with E-state index in [0.29, 0.717) is 0 Å². The first-order valence-electron chi connectivity index (χ1n) is 19.5. The van der Waals surface area contributed by atoms with Crippen molar-refractivity contribution in [3.05, 3.63) is 66.9 Å². The first-order valence-corrected chi connectivity index (χ1v) is 25.4. The minimum Gasteiger partial charge on any atom is -0.343 e. The molecule has 0 bridgehead atoms. The molecule has 5 heteroatoms. The van der Waals surface area contributed by atoms with E-state index >= 15 is 0 Å². The van der Waals surface area contributed by atoms with Gasteiger partial charge in [-0.3, -0.25) is 0 Å². The molecular formula is C43H66Br3LiSi. The molecule has 2 aromatic rings. The molecule has 0 radical (unpaired) electrons. The summed E-state index contributed by atoms with van der Waals surface area (Å²) in [6.07, 6.45) is 25.1. The third-order valence-electron chi connectivity index (χ3n) is 12.1. The van der Waals surface area contributed by atoms with Crippen LogP contribution in [0.15, 0.2) is 37.7 Å². The van der Waals surface area contributed by atoms with Crippen LogP contribution in [-0.4, -0.2) is 8.07 Å². The molecule has 0 aromatic heterocycles. The molecule has 6 rings (SSSR count). The second-order valence-corrected chi connectivity index (χ2v) is 24.3. The molecule has 0 aliphatic heterocycles. The average Bonchev–Trinajstić information content (AvgIpc) is 3.65.